The van der Waals surface area contributed by atoms with E-state index in [2.05, 4.69) is 10.6 Å². The van der Waals surface area contributed by atoms with Crippen molar-refractivity contribution in [2.75, 3.05) is 24.4 Å². The molecular formula is C22H19F3N2O4S. The molecule has 0 aliphatic heterocycles. The molecule has 1 heterocycles. The normalized spacial score (nSPS) is 11.0. The first-order valence-corrected chi connectivity index (χ1v) is 10.2. The average molecular weight is 464 g/mol. The Bertz CT molecular complexity index is 1110. The monoisotopic (exact) mass is 464 g/mol. The Morgan fingerprint density at radius 3 is 2.28 bits per heavy atom. The van der Waals surface area contributed by atoms with Gasteiger partial charge in [0.25, 0.3) is 0 Å². The van der Waals surface area contributed by atoms with Gasteiger partial charge in [-0.1, -0.05) is 12.1 Å². The molecule has 0 atom stereocenters. The van der Waals surface area contributed by atoms with Crippen molar-refractivity contribution >= 4 is 34.7 Å². The summed E-state index contributed by atoms with van der Waals surface area (Å²) in [6.07, 6.45) is -4.63. The Hall–Kier alpha value is -3.53. The van der Waals surface area contributed by atoms with Gasteiger partial charge in [0.15, 0.2) is 0 Å². The maximum atomic E-state index is 13.2. The minimum Gasteiger partial charge on any atom is -0.494 e. The lowest BCUT2D eigenvalue weighted by atomic mass is 10.1. The molecule has 2 amide bonds. The standard InChI is InChI=1S/C22H19F3N2O4S/c1-3-31-14-10-8-13(9-11-14)18-12-17(19(32-18)20(28)30-2)27-21(29)26-16-7-5-4-6-15(16)22(23,24)25/h4-12H,3H2,1-2H3,(H2,26,27,29). The van der Waals surface area contributed by atoms with Crippen LogP contribution < -0.4 is 15.4 Å². The second-order valence-corrected chi connectivity index (χ2v) is 7.48. The molecule has 2 aromatic carbocycles. The molecule has 1 aromatic heterocycles. The maximum absolute atomic E-state index is 13.2. The van der Waals surface area contributed by atoms with E-state index in [4.69, 9.17) is 9.47 Å². The smallest absolute Gasteiger partial charge is 0.418 e. The number of hydrogen-bond acceptors (Lipinski definition) is 5. The fraction of sp³-hybridized carbons (Fsp3) is 0.182. The molecule has 10 heteroatoms. The van der Waals surface area contributed by atoms with Crippen molar-refractivity contribution in [2.24, 2.45) is 0 Å². The summed E-state index contributed by atoms with van der Waals surface area (Å²) >= 11 is 1.08. The summed E-state index contributed by atoms with van der Waals surface area (Å²) in [4.78, 5) is 25.4. The Labute approximate surface area is 186 Å². The van der Waals surface area contributed by atoms with Crippen LogP contribution >= 0.6 is 11.3 Å². The van der Waals surface area contributed by atoms with Gasteiger partial charge in [0.1, 0.15) is 10.6 Å². The number of urea groups is 1. The van der Waals surface area contributed by atoms with Gasteiger partial charge in [-0.2, -0.15) is 13.2 Å². The van der Waals surface area contributed by atoms with Crippen LogP contribution in [0.15, 0.2) is 54.6 Å². The molecule has 0 unspecified atom stereocenters. The molecule has 0 saturated heterocycles. The summed E-state index contributed by atoms with van der Waals surface area (Å²) in [5.41, 5.74) is -0.505. The van der Waals surface area contributed by atoms with Crippen molar-refractivity contribution in [1.82, 2.24) is 0 Å². The molecule has 3 aromatic rings. The van der Waals surface area contributed by atoms with Gasteiger partial charge in [0.2, 0.25) is 0 Å². The molecule has 3 rings (SSSR count). The van der Waals surface area contributed by atoms with Gasteiger partial charge >= 0.3 is 18.2 Å². The molecule has 0 bridgehead atoms. The number of carbonyl (C=O) groups is 2. The third-order valence-electron chi connectivity index (χ3n) is 4.28. The first-order valence-electron chi connectivity index (χ1n) is 9.42. The van der Waals surface area contributed by atoms with Gasteiger partial charge in [-0.05, 0) is 55.0 Å². The summed E-state index contributed by atoms with van der Waals surface area (Å²) in [5.74, 6) is 0.000215. The van der Waals surface area contributed by atoms with Gasteiger partial charge in [0.05, 0.1) is 30.7 Å². The first kappa shape index (κ1) is 23.1. The van der Waals surface area contributed by atoms with Gasteiger partial charge in [-0.15, -0.1) is 11.3 Å². The molecule has 0 fully saturated rings. The number of alkyl halides is 3. The van der Waals surface area contributed by atoms with Crippen molar-refractivity contribution in [3.05, 3.63) is 65.0 Å². The number of benzene rings is 2. The van der Waals surface area contributed by atoms with E-state index in [0.717, 1.165) is 29.0 Å². The fourth-order valence-electron chi connectivity index (χ4n) is 2.87. The van der Waals surface area contributed by atoms with Crippen LogP contribution in [-0.4, -0.2) is 25.7 Å². The van der Waals surface area contributed by atoms with E-state index < -0.39 is 29.4 Å². The maximum Gasteiger partial charge on any atom is 0.418 e. The molecular weight excluding hydrogens is 445 g/mol. The van der Waals surface area contributed by atoms with Gasteiger partial charge < -0.3 is 20.1 Å². The van der Waals surface area contributed by atoms with Crippen LogP contribution in [0.25, 0.3) is 10.4 Å². The summed E-state index contributed by atoms with van der Waals surface area (Å²) in [6, 6.07) is 12.4. The van der Waals surface area contributed by atoms with Crippen molar-refractivity contribution in [3.63, 3.8) is 0 Å². The first-order chi connectivity index (χ1) is 15.2. The molecule has 0 aliphatic rings. The van der Waals surface area contributed by atoms with E-state index >= 15 is 0 Å². The van der Waals surface area contributed by atoms with E-state index in [1.54, 1.807) is 30.3 Å². The number of hydrogen-bond donors (Lipinski definition) is 2. The highest BCUT2D eigenvalue weighted by molar-refractivity contribution is 7.18. The van der Waals surface area contributed by atoms with Crippen molar-refractivity contribution in [2.45, 2.75) is 13.1 Å². The lowest BCUT2D eigenvalue weighted by Gasteiger charge is -2.14. The number of esters is 1. The SMILES string of the molecule is CCOc1ccc(-c2cc(NC(=O)Nc3ccccc3C(F)(F)F)c(C(=O)OC)s2)cc1. The number of amides is 2. The van der Waals surface area contributed by atoms with Crippen molar-refractivity contribution in [3.8, 4) is 16.2 Å². The molecule has 168 valence electrons. The number of thiophene rings is 1. The minimum atomic E-state index is -4.63. The van der Waals surface area contributed by atoms with E-state index in [1.807, 2.05) is 6.92 Å². The summed E-state index contributed by atoms with van der Waals surface area (Å²) in [6.45, 7) is 2.39. The summed E-state index contributed by atoms with van der Waals surface area (Å²) in [7, 11) is 1.20. The third kappa shape index (κ3) is 5.38. The number of rotatable bonds is 6. The van der Waals surface area contributed by atoms with E-state index in [9.17, 15) is 22.8 Å². The number of halogens is 3. The predicted molar refractivity (Wildman–Crippen MR) is 116 cm³/mol. The Balaban J connectivity index is 1.86. The Kier molecular flexibility index (Phi) is 7.04. The van der Waals surface area contributed by atoms with Crippen LogP contribution in [0.1, 0.15) is 22.2 Å². The summed E-state index contributed by atoms with van der Waals surface area (Å²) in [5, 5.41) is 4.63. The number of ether oxygens (including phenoxy) is 2. The van der Waals surface area contributed by atoms with Crippen LogP contribution in [0.3, 0.4) is 0 Å². The third-order valence-corrected chi connectivity index (χ3v) is 5.45. The molecule has 0 aliphatic carbocycles. The van der Waals surface area contributed by atoms with Gasteiger partial charge in [0, 0.05) is 4.88 Å². The Morgan fingerprint density at radius 2 is 1.66 bits per heavy atom. The number of nitrogens with one attached hydrogen (secondary N) is 2. The highest BCUT2D eigenvalue weighted by atomic mass is 32.1. The van der Waals surface area contributed by atoms with Crippen LogP contribution in [0.4, 0.5) is 29.3 Å². The molecule has 2 N–H and O–H groups in total. The topological polar surface area (TPSA) is 76.7 Å². The van der Waals surface area contributed by atoms with Crippen LogP contribution in [0, 0.1) is 0 Å². The van der Waals surface area contributed by atoms with E-state index in [0.29, 0.717) is 17.2 Å². The number of methoxy groups -OCH3 is 1. The average Bonchev–Trinajstić information content (AvgIpc) is 3.17. The Morgan fingerprint density at radius 1 is 1.00 bits per heavy atom. The largest absolute Gasteiger partial charge is 0.494 e. The van der Waals surface area contributed by atoms with Crippen molar-refractivity contribution < 1.29 is 32.2 Å². The van der Waals surface area contributed by atoms with E-state index in [1.165, 1.54) is 19.2 Å². The van der Waals surface area contributed by atoms with Crippen molar-refractivity contribution in [1.29, 1.82) is 0 Å². The second kappa shape index (κ2) is 9.73. The van der Waals surface area contributed by atoms with Gasteiger partial charge in [-0.3, -0.25) is 0 Å². The summed E-state index contributed by atoms with van der Waals surface area (Å²) < 4.78 is 49.7. The van der Waals surface area contributed by atoms with Crippen LogP contribution in [0.2, 0.25) is 0 Å². The van der Waals surface area contributed by atoms with Crippen LogP contribution in [0.5, 0.6) is 5.75 Å². The fourth-order valence-corrected chi connectivity index (χ4v) is 3.90. The highest BCUT2D eigenvalue weighted by Gasteiger charge is 2.33. The number of para-hydroxylation sites is 1. The lowest BCUT2D eigenvalue weighted by molar-refractivity contribution is -0.136. The molecule has 32 heavy (non-hydrogen) atoms. The quantitative estimate of drug-likeness (QED) is 0.422. The van der Waals surface area contributed by atoms with Crippen LogP contribution in [-0.2, 0) is 10.9 Å². The predicted octanol–water partition coefficient (Wildman–Crippen LogP) is 6.26. The molecule has 0 saturated carbocycles. The van der Waals surface area contributed by atoms with Gasteiger partial charge in [-0.25, -0.2) is 9.59 Å². The van der Waals surface area contributed by atoms with E-state index in [-0.39, 0.29) is 10.6 Å². The molecule has 6 nitrogen and oxygen atoms in total. The zero-order valence-corrected chi connectivity index (χ0v) is 17.9. The highest BCUT2D eigenvalue weighted by Crippen LogP contribution is 2.37. The zero-order valence-electron chi connectivity index (χ0n) is 17.1. The number of carbonyl (C=O) groups excluding carboxylic acids is 2. The molecule has 0 radical (unpaired) electrons. The lowest BCUT2D eigenvalue weighted by Crippen LogP contribution is -2.22. The molecule has 0 spiro atoms. The second-order valence-electron chi connectivity index (χ2n) is 6.42. The minimum absolute atomic E-state index is 0.107. The zero-order chi connectivity index (χ0) is 23.3. The number of anilines is 2.